The second-order valence-corrected chi connectivity index (χ2v) is 5.97. The zero-order chi connectivity index (χ0) is 13.2. The Morgan fingerprint density at radius 2 is 2.21 bits per heavy atom. The number of hydrogen-bond donors (Lipinski definition) is 0. The summed E-state index contributed by atoms with van der Waals surface area (Å²) in [6.07, 6.45) is 11.1. The van der Waals surface area contributed by atoms with Crippen molar-refractivity contribution in [1.29, 1.82) is 0 Å². The molecule has 1 atom stereocenters. The Morgan fingerprint density at radius 1 is 1.42 bits per heavy atom. The van der Waals surface area contributed by atoms with Crippen molar-refractivity contribution in [1.82, 2.24) is 19.6 Å². The molecule has 0 radical (unpaired) electrons. The van der Waals surface area contributed by atoms with Gasteiger partial charge < -0.3 is 0 Å². The molecular formula is C14H19ClN4. The van der Waals surface area contributed by atoms with Crippen molar-refractivity contribution in [2.75, 3.05) is 0 Å². The van der Waals surface area contributed by atoms with Crippen LogP contribution in [0.15, 0.2) is 24.7 Å². The normalized spacial score (nSPS) is 18.0. The van der Waals surface area contributed by atoms with E-state index in [9.17, 15) is 0 Å². The first kappa shape index (κ1) is 12.7. The Kier molecular flexibility index (Phi) is 3.60. The van der Waals surface area contributed by atoms with Crippen LogP contribution in [-0.4, -0.2) is 19.6 Å². The highest BCUT2D eigenvalue weighted by molar-refractivity contribution is 6.20. The summed E-state index contributed by atoms with van der Waals surface area (Å²) in [5, 5.41) is 8.99. The van der Waals surface area contributed by atoms with E-state index in [1.54, 1.807) is 0 Å². The molecule has 4 nitrogen and oxygen atoms in total. The van der Waals surface area contributed by atoms with Crippen molar-refractivity contribution < 1.29 is 0 Å². The fraction of sp³-hybridized carbons (Fsp3) is 0.571. The molecule has 1 fully saturated rings. The minimum Gasteiger partial charge on any atom is -0.269 e. The van der Waals surface area contributed by atoms with Crippen LogP contribution in [0.4, 0.5) is 0 Å². The topological polar surface area (TPSA) is 35.6 Å². The van der Waals surface area contributed by atoms with Gasteiger partial charge in [0.2, 0.25) is 0 Å². The van der Waals surface area contributed by atoms with E-state index >= 15 is 0 Å². The van der Waals surface area contributed by atoms with Gasteiger partial charge in [0.25, 0.3) is 0 Å². The van der Waals surface area contributed by atoms with E-state index in [4.69, 9.17) is 11.6 Å². The van der Waals surface area contributed by atoms with Gasteiger partial charge in [0.15, 0.2) is 0 Å². The van der Waals surface area contributed by atoms with Gasteiger partial charge in [-0.2, -0.15) is 10.2 Å². The van der Waals surface area contributed by atoms with Gasteiger partial charge in [-0.05, 0) is 25.8 Å². The Morgan fingerprint density at radius 3 is 2.89 bits per heavy atom. The third-order valence-corrected chi connectivity index (χ3v) is 4.05. The van der Waals surface area contributed by atoms with Crippen LogP contribution in [0.25, 0.3) is 0 Å². The van der Waals surface area contributed by atoms with Gasteiger partial charge in [-0.25, -0.2) is 0 Å². The number of nitrogens with zero attached hydrogens (tertiary/aromatic N) is 4. The highest BCUT2D eigenvalue weighted by Gasteiger charge is 2.17. The summed E-state index contributed by atoms with van der Waals surface area (Å²) < 4.78 is 4.02. The van der Waals surface area contributed by atoms with Crippen LogP contribution >= 0.6 is 11.6 Å². The van der Waals surface area contributed by atoms with Gasteiger partial charge in [0.1, 0.15) is 0 Å². The van der Waals surface area contributed by atoms with Crippen molar-refractivity contribution in [2.45, 2.75) is 50.6 Å². The molecule has 1 saturated carbocycles. The first-order chi connectivity index (χ1) is 9.22. The Labute approximate surface area is 118 Å². The van der Waals surface area contributed by atoms with E-state index < -0.39 is 0 Å². The van der Waals surface area contributed by atoms with Crippen molar-refractivity contribution in [3.8, 4) is 0 Å². The van der Waals surface area contributed by atoms with E-state index in [0.717, 1.165) is 11.3 Å². The molecule has 2 heterocycles. The van der Waals surface area contributed by atoms with Crippen LogP contribution in [-0.2, 0) is 6.54 Å². The minimum atomic E-state index is 0.00444. The van der Waals surface area contributed by atoms with Gasteiger partial charge in [-0.15, -0.1) is 11.6 Å². The largest absolute Gasteiger partial charge is 0.269 e. The smallest absolute Gasteiger partial charge is 0.0849 e. The molecule has 2 aromatic heterocycles. The second-order valence-electron chi connectivity index (χ2n) is 5.31. The number of aromatic nitrogens is 4. The Hall–Kier alpha value is -1.29. The molecular weight excluding hydrogens is 260 g/mol. The summed E-state index contributed by atoms with van der Waals surface area (Å²) >= 11 is 6.04. The molecule has 1 aliphatic carbocycles. The van der Waals surface area contributed by atoms with Crippen LogP contribution in [0.2, 0.25) is 0 Å². The highest BCUT2D eigenvalue weighted by Crippen LogP contribution is 2.28. The molecule has 2 aromatic rings. The molecule has 0 bridgehead atoms. The molecule has 0 saturated heterocycles. The molecule has 0 spiro atoms. The average Bonchev–Trinajstić information content (AvgIpc) is 3.09. The number of halogens is 1. The molecule has 102 valence electrons. The number of rotatable bonds is 4. The zero-order valence-electron chi connectivity index (χ0n) is 11.2. The van der Waals surface area contributed by atoms with Crippen molar-refractivity contribution in [3.63, 3.8) is 0 Å². The lowest BCUT2D eigenvalue weighted by Gasteiger charge is -2.08. The van der Waals surface area contributed by atoms with E-state index in [1.165, 1.54) is 25.7 Å². The van der Waals surface area contributed by atoms with Crippen LogP contribution in [0.1, 0.15) is 55.3 Å². The summed E-state index contributed by atoms with van der Waals surface area (Å²) in [6.45, 7) is 2.67. The Balaban J connectivity index is 1.68. The van der Waals surface area contributed by atoms with E-state index in [2.05, 4.69) is 27.1 Å². The van der Waals surface area contributed by atoms with Crippen molar-refractivity contribution in [3.05, 3.63) is 35.9 Å². The minimum absolute atomic E-state index is 0.00444. The van der Waals surface area contributed by atoms with Crippen LogP contribution in [0.3, 0.4) is 0 Å². The highest BCUT2D eigenvalue weighted by atomic mass is 35.5. The summed E-state index contributed by atoms with van der Waals surface area (Å²) in [4.78, 5) is 0. The van der Waals surface area contributed by atoms with Crippen LogP contribution in [0.5, 0.6) is 0 Å². The maximum atomic E-state index is 6.04. The van der Waals surface area contributed by atoms with Crippen LogP contribution in [0, 0.1) is 0 Å². The molecule has 3 rings (SSSR count). The maximum Gasteiger partial charge on any atom is 0.0849 e. The molecule has 0 N–H and O–H groups in total. The summed E-state index contributed by atoms with van der Waals surface area (Å²) in [5.41, 5.74) is 2.11. The van der Waals surface area contributed by atoms with Gasteiger partial charge in [0.05, 0.1) is 29.9 Å². The quantitative estimate of drug-likeness (QED) is 0.802. The van der Waals surface area contributed by atoms with Crippen LogP contribution < -0.4 is 0 Å². The number of hydrogen-bond acceptors (Lipinski definition) is 2. The zero-order valence-corrected chi connectivity index (χ0v) is 11.9. The first-order valence-electron chi connectivity index (χ1n) is 6.93. The lowest BCUT2D eigenvalue weighted by Crippen LogP contribution is -2.07. The van der Waals surface area contributed by atoms with E-state index in [-0.39, 0.29) is 5.38 Å². The van der Waals surface area contributed by atoms with Crippen molar-refractivity contribution in [2.24, 2.45) is 0 Å². The van der Waals surface area contributed by atoms with E-state index in [0.29, 0.717) is 12.6 Å². The third-order valence-electron chi connectivity index (χ3n) is 3.80. The molecule has 0 amide bonds. The van der Waals surface area contributed by atoms with E-state index in [1.807, 2.05) is 24.0 Å². The second kappa shape index (κ2) is 5.37. The maximum absolute atomic E-state index is 6.04. The summed E-state index contributed by atoms with van der Waals surface area (Å²) in [7, 11) is 0. The van der Waals surface area contributed by atoms with Gasteiger partial charge in [-0.1, -0.05) is 12.8 Å². The summed E-state index contributed by atoms with van der Waals surface area (Å²) in [5.74, 6) is 0. The fourth-order valence-corrected chi connectivity index (χ4v) is 2.78. The average molecular weight is 279 g/mol. The van der Waals surface area contributed by atoms with Gasteiger partial charge in [0, 0.05) is 18.0 Å². The third kappa shape index (κ3) is 2.84. The molecule has 19 heavy (non-hydrogen) atoms. The predicted octanol–water partition coefficient (Wildman–Crippen LogP) is 3.54. The molecule has 5 heteroatoms. The molecule has 0 aromatic carbocycles. The Bertz CT molecular complexity index is 537. The van der Waals surface area contributed by atoms with Gasteiger partial charge >= 0.3 is 0 Å². The molecule has 1 unspecified atom stereocenters. The lowest BCUT2D eigenvalue weighted by atomic mass is 10.3. The number of alkyl halides is 1. The standard InChI is InChI=1S/C14H19ClN4/c1-11(15)12-8-16-18(9-12)10-13-6-7-19(17-13)14-4-2-3-5-14/h6-9,11,14H,2-5,10H2,1H3. The lowest BCUT2D eigenvalue weighted by molar-refractivity contribution is 0.460. The first-order valence-corrected chi connectivity index (χ1v) is 7.36. The molecule has 0 aliphatic heterocycles. The predicted molar refractivity (Wildman–Crippen MR) is 75.3 cm³/mol. The SMILES string of the molecule is CC(Cl)c1cnn(Cc2ccn(C3CCCC3)n2)c1. The van der Waals surface area contributed by atoms with Gasteiger partial charge in [-0.3, -0.25) is 9.36 Å². The van der Waals surface area contributed by atoms with Crippen molar-refractivity contribution >= 4 is 11.6 Å². The molecule has 1 aliphatic rings. The monoisotopic (exact) mass is 278 g/mol. The fourth-order valence-electron chi connectivity index (χ4n) is 2.67. The summed E-state index contributed by atoms with van der Waals surface area (Å²) in [6, 6.07) is 2.69.